The first-order valence-electron chi connectivity index (χ1n) is 8.43. The van der Waals surface area contributed by atoms with Crippen molar-refractivity contribution in [3.05, 3.63) is 47.6 Å². The average molecular weight is 370 g/mol. The number of amides is 2. The molecule has 1 aromatic carbocycles. The summed E-state index contributed by atoms with van der Waals surface area (Å²) in [7, 11) is 3.40. The van der Waals surface area contributed by atoms with Crippen molar-refractivity contribution in [2.24, 2.45) is 7.05 Å². The molecule has 2 amide bonds. The summed E-state index contributed by atoms with van der Waals surface area (Å²) in [5.74, 6) is 0.888. The molecule has 0 fully saturated rings. The van der Waals surface area contributed by atoms with Gasteiger partial charge in [-0.15, -0.1) is 10.2 Å². The van der Waals surface area contributed by atoms with Crippen LogP contribution in [0.15, 0.2) is 34.9 Å². The lowest BCUT2D eigenvalue weighted by atomic mass is 10.1. The molecule has 9 heteroatoms. The summed E-state index contributed by atoms with van der Waals surface area (Å²) in [5, 5.41) is 17.8. The minimum atomic E-state index is -0.347. The van der Waals surface area contributed by atoms with Gasteiger partial charge < -0.3 is 19.8 Å². The lowest BCUT2D eigenvalue weighted by Crippen LogP contribution is -2.36. The number of rotatable bonds is 6. The highest BCUT2D eigenvalue weighted by Crippen LogP contribution is 2.24. The zero-order valence-corrected chi connectivity index (χ0v) is 15.7. The topological polar surface area (TPSA) is 107 Å². The van der Waals surface area contributed by atoms with Gasteiger partial charge in [0.1, 0.15) is 0 Å². The van der Waals surface area contributed by atoms with E-state index in [0.29, 0.717) is 24.1 Å². The standard InChI is InChI=1S/C18H22N6O3/c1-11-5-6-13(17-23-22-12(2)27-17)9-14(11)20-18(25)21-15(10-26-4)16-7-8-19-24(16)3/h5-9,15H,10H2,1-4H3,(H2,20,21,25). The van der Waals surface area contributed by atoms with E-state index in [1.165, 1.54) is 0 Å². The molecule has 9 nitrogen and oxygen atoms in total. The van der Waals surface area contributed by atoms with Gasteiger partial charge in [0.15, 0.2) is 0 Å². The Morgan fingerprint density at radius 1 is 1.30 bits per heavy atom. The van der Waals surface area contributed by atoms with Crippen molar-refractivity contribution in [2.45, 2.75) is 19.9 Å². The largest absolute Gasteiger partial charge is 0.421 e. The number of benzene rings is 1. The number of carbonyl (C=O) groups excluding carboxylic acids is 1. The van der Waals surface area contributed by atoms with Crippen molar-refractivity contribution in [1.29, 1.82) is 0 Å². The molecule has 0 saturated carbocycles. The number of nitrogens with one attached hydrogen (secondary N) is 2. The second kappa shape index (κ2) is 8.00. The molecule has 3 aromatic rings. The van der Waals surface area contributed by atoms with Crippen LogP contribution in [0.3, 0.4) is 0 Å². The van der Waals surface area contributed by atoms with E-state index < -0.39 is 0 Å². The highest BCUT2D eigenvalue weighted by molar-refractivity contribution is 5.91. The minimum absolute atomic E-state index is 0.327. The zero-order chi connectivity index (χ0) is 19.4. The number of urea groups is 1. The molecular formula is C18H22N6O3. The number of aryl methyl sites for hydroxylation is 3. The van der Waals surface area contributed by atoms with Crippen molar-refractivity contribution in [3.8, 4) is 11.5 Å². The molecule has 0 bridgehead atoms. The maximum Gasteiger partial charge on any atom is 0.319 e. The van der Waals surface area contributed by atoms with E-state index in [9.17, 15) is 4.79 Å². The van der Waals surface area contributed by atoms with Gasteiger partial charge in [0.25, 0.3) is 0 Å². The number of methoxy groups -OCH3 is 1. The maximum atomic E-state index is 12.5. The fraction of sp³-hybridized carbons (Fsp3) is 0.333. The molecule has 0 saturated heterocycles. The van der Waals surface area contributed by atoms with Crippen LogP contribution in [-0.4, -0.2) is 39.7 Å². The molecule has 27 heavy (non-hydrogen) atoms. The quantitative estimate of drug-likeness (QED) is 0.691. The van der Waals surface area contributed by atoms with Gasteiger partial charge in [-0.05, 0) is 30.7 Å². The molecule has 0 aliphatic heterocycles. The minimum Gasteiger partial charge on any atom is -0.421 e. The monoisotopic (exact) mass is 370 g/mol. The van der Waals surface area contributed by atoms with Crippen LogP contribution in [-0.2, 0) is 11.8 Å². The number of hydrogen-bond acceptors (Lipinski definition) is 6. The van der Waals surface area contributed by atoms with Crippen LogP contribution in [0.25, 0.3) is 11.5 Å². The number of aromatic nitrogens is 4. The van der Waals surface area contributed by atoms with Gasteiger partial charge >= 0.3 is 6.03 Å². The van der Waals surface area contributed by atoms with Gasteiger partial charge in [-0.1, -0.05) is 6.07 Å². The molecule has 0 aliphatic rings. The van der Waals surface area contributed by atoms with Gasteiger partial charge in [0, 0.05) is 38.5 Å². The number of hydrogen-bond donors (Lipinski definition) is 2. The number of anilines is 1. The predicted octanol–water partition coefficient (Wildman–Crippen LogP) is 2.60. The number of ether oxygens (including phenoxy) is 1. The van der Waals surface area contributed by atoms with Gasteiger partial charge in [-0.25, -0.2) is 4.79 Å². The highest BCUT2D eigenvalue weighted by Gasteiger charge is 2.18. The van der Waals surface area contributed by atoms with Crippen LogP contribution in [0, 0.1) is 13.8 Å². The summed E-state index contributed by atoms with van der Waals surface area (Å²) in [6.07, 6.45) is 1.68. The molecule has 0 spiro atoms. The molecule has 1 atom stereocenters. The van der Waals surface area contributed by atoms with Crippen LogP contribution in [0.1, 0.15) is 23.2 Å². The van der Waals surface area contributed by atoms with Crippen LogP contribution >= 0.6 is 0 Å². The van der Waals surface area contributed by atoms with Crippen LogP contribution in [0.4, 0.5) is 10.5 Å². The summed E-state index contributed by atoms with van der Waals surface area (Å²) >= 11 is 0. The van der Waals surface area contributed by atoms with E-state index in [2.05, 4.69) is 25.9 Å². The molecule has 1 unspecified atom stereocenters. The predicted molar refractivity (Wildman–Crippen MR) is 99.2 cm³/mol. The Morgan fingerprint density at radius 2 is 2.11 bits per heavy atom. The van der Waals surface area contributed by atoms with E-state index in [-0.39, 0.29) is 12.1 Å². The molecule has 2 N–H and O–H groups in total. The molecule has 2 heterocycles. The second-order valence-electron chi connectivity index (χ2n) is 6.14. The second-order valence-corrected chi connectivity index (χ2v) is 6.14. The molecule has 142 valence electrons. The lowest BCUT2D eigenvalue weighted by Gasteiger charge is -2.19. The average Bonchev–Trinajstić information content (AvgIpc) is 3.25. The van der Waals surface area contributed by atoms with Gasteiger partial charge in [-0.3, -0.25) is 4.68 Å². The fourth-order valence-electron chi connectivity index (χ4n) is 2.71. The van der Waals surface area contributed by atoms with Crippen LogP contribution in [0.5, 0.6) is 0 Å². The summed E-state index contributed by atoms with van der Waals surface area (Å²) in [6.45, 7) is 3.96. The number of carbonyl (C=O) groups is 1. The third-order valence-corrected chi connectivity index (χ3v) is 4.11. The first-order valence-corrected chi connectivity index (χ1v) is 8.43. The first-order chi connectivity index (χ1) is 13.0. The Kier molecular flexibility index (Phi) is 5.51. The van der Waals surface area contributed by atoms with Crippen molar-refractivity contribution in [3.63, 3.8) is 0 Å². The maximum absolute atomic E-state index is 12.5. The van der Waals surface area contributed by atoms with Gasteiger partial charge in [0.05, 0.1) is 18.3 Å². The molecule has 0 radical (unpaired) electrons. The summed E-state index contributed by atoms with van der Waals surface area (Å²) in [5.41, 5.74) is 3.14. The van der Waals surface area contributed by atoms with Gasteiger partial charge in [0.2, 0.25) is 11.8 Å². The van der Waals surface area contributed by atoms with Crippen molar-refractivity contribution >= 4 is 11.7 Å². The Bertz CT molecular complexity index is 933. The van der Waals surface area contributed by atoms with Crippen LogP contribution in [0.2, 0.25) is 0 Å². The zero-order valence-electron chi connectivity index (χ0n) is 15.7. The fourth-order valence-corrected chi connectivity index (χ4v) is 2.71. The summed E-state index contributed by atoms with van der Waals surface area (Å²) in [4.78, 5) is 12.5. The summed E-state index contributed by atoms with van der Waals surface area (Å²) in [6, 6.07) is 6.72. The van der Waals surface area contributed by atoms with E-state index in [1.54, 1.807) is 31.0 Å². The molecular weight excluding hydrogens is 348 g/mol. The van der Waals surface area contributed by atoms with Crippen molar-refractivity contribution < 1.29 is 13.9 Å². The molecule has 2 aromatic heterocycles. The molecule has 3 rings (SSSR count). The summed E-state index contributed by atoms with van der Waals surface area (Å²) < 4.78 is 12.4. The van der Waals surface area contributed by atoms with E-state index in [0.717, 1.165) is 16.8 Å². The SMILES string of the molecule is COCC(NC(=O)Nc1cc(-c2nnc(C)o2)ccc1C)c1ccnn1C. The van der Waals surface area contributed by atoms with E-state index in [4.69, 9.17) is 9.15 Å². The third-order valence-electron chi connectivity index (χ3n) is 4.11. The number of nitrogens with zero attached hydrogens (tertiary/aromatic N) is 4. The van der Waals surface area contributed by atoms with E-state index >= 15 is 0 Å². The lowest BCUT2D eigenvalue weighted by molar-refractivity contribution is 0.165. The Hall–Kier alpha value is -3.20. The van der Waals surface area contributed by atoms with Crippen LogP contribution < -0.4 is 10.6 Å². The van der Waals surface area contributed by atoms with Crippen molar-refractivity contribution in [1.82, 2.24) is 25.3 Å². The van der Waals surface area contributed by atoms with Gasteiger partial charge in [-0.2, -0.15) is 5.10 Å². The molecule has 0 aliphatic carbocycles. The third kappa shape index (κ3) is 4.32. The first kappa shape index (κ1) is 18.6. The normalized spacial score (nSPS) is 12.0. The highest BCUT2D eigenvalue weighted by atomic mass is 16.5. The Labute approximate surface area is 156 Å². The van der Waals surface area contributed by atoms with Crippen molar-refractivity contribution in [2.75, 3.05) is 19.0 Å². The van der Waals surface area contributed by atoms with E-state index in [1.807, 2.05) is 32.2 Å². The Morgan fingerprint density at radius 3 is 2.74 bits per heavy atom. The Balaban J connectivity index is 1.76. The smallest absolute Gasteiger partial charge is 0.319 e.